The zero-order valence-corrected chi connectivity index (χ0v) is 24.2. The minimum atomic E-state index is -4.53. The molecule has 43 heavy (non-hydrogen) atoms. The van der Waals surface area contributed by atoms with E-state index in [0.717, 1.165) is 39.8 Å². The minimum Gasteiger partial charge on any atom is -0.497 e. The van der Waals surface area contributed by atoms with Gasteiger partial charge >= 0.3 is 12.1 Å². The monoisotopic (exact) mass is 590 g/mol. The lowest BCUT2D eigenvalue weighted by molar-refractivity contribution is -0.142. The number of carbonyl (C=O) groups is 1. The van der Waals surface area contributed by atoms with Crippen LogP contribution in [-0.4, -0.2) is 36.3 Å². The van der Waals surface area contributed by atoms with Gasteiger partial charge in [-0.25, -0.2) is 4.98 Å². The predicted octanol–water partition coefficient (Wildman–Crippen LogP) is 7.94. The molecule has 1 N–H and O–H groups in total. The zero-order valence-electron chi connectivity index (χ0n) is 24.2. The van der Waals surface area contributed by atoms with Crippen molar-refractivity contribution in [3.63, 3.8) is 0 Å². The molecule has 1 aromatic heterocycles. The number of carboxylic acids is 1. The van der Waals surface area contributed by atoms with Gasteiger partial charge in [0.25, 0.3) is 0 Å². The number of alkyl halides is 3. The molecule has 0 amide bonds. The van der Waals surface area contributed by atoms with Gasteiger partial charge in [0.1, 0.15) is 23.9 Å². The van der Waals surface area contributed by atoms with Crippen molar-refractivity contribution >= 4 is 11.8 Å². The van der Waals surface area contributed by atoms with E-state index >= 15 is 0 Å². The number of benzene rings is 3. The molecule has 0 spiro atoms. The predicted molar refractivity (Wildman–Crippen MR) is 159 cm³/mol. The minimum absolute atomic E-state index is 0.0860. The topological polar surface area (TPSA) is 71.9 Å². The summed E-state index contributed by atoms with van der Waals surface area (Å²) in [6.07, 6.45) is -3.37. The molecule has 5 rings (SSSR count). The molecule has 0 saturated carbocycles. The van der Waals surface area contributed by atoms with Crippen LogP contribution in [0.15, 0.2) is 72.8 Å². The molecule has 1 fully saturated rings. The summed E-state index contributed by atoms with van der Waals surface area (Å²) in [5.41, 5.74) is 4.05. The summed E-state index contributed by atoms with van der Waals surface area (Å²) in [7, 11) is 1.34. The number of aryl methyl sites for hydroxylation is 2. The Kier molecular flexibility index (Phi) is 8.62. The van der Waals surface area contributed by atoms with Crippen LogP contribution >= 0.6 is 0 Å². The SMILES string of the molecule is COc1ccc(-c2ccc(COc3ccc(C)cc3-c3cccc(N4CCC(C(=O)O)CC4)n3)c(C)c2)c(C(F)(F)F)c1. The molecule has 1 aliphatic heterocycles. The number of carboxylic acid groups (broad SMARTS) is 1. The van der Waals surface area contributed by atoms with E-state index in [1.807, 2.05) is 50.2 Å². The highest BCUT2D eigenvalue weighted by molar-refractivity contribution is 5.72. The summed E-state index contributed by atoms with van der Waals surface area (Å²) >= 11 is 0. The summed E-state index contributed by atoms with van der Waals surface area (Å²) < 4.78 is 52.7. The lowest BCUT2D eigenvalue weighted by atomic mass is 9.95. The molecular weight excluding hydrogens is 557 g/mol. The maximum Gasteiger partial charge on any atom is 0.417 e. The van der Waals surface area contributed by atoms with Crippen molar-refractivity contribution in [1.82, 2.24) is 4.98 Å². The van der Waals surface area contributed by atoms with Gasteiger partial charge in [0.15, 0.2) is 0 Å². The Bertz CT molecular complexity index is 1630. The largest absolute Gasteiger partial charge is 0.497 e. The molecular formula is C34H33F3N2O4. The molecule has 0 bridgehead atoms. The number of ether oxygens (including phenoxy) is 2. The second-order valence-electron chi connectivity index (χ2n) is 10.8. The van der Waals surface area contributed by atoms with Crippen molar-refractivity contribution in [1.29, 1.82) is 0 Å². The lowest BCUT2D eigenvalue weighted by Crippen LogP contribution is -2.36. The molecule has 2 heterocycles. The van der Waals surface area contributed by atoms with E-state index in [2.05, 4.69) is 4.90 Å². The number of aromatic nitrogens is 1. The second kappa shape index (κ2) is 12.4. The Labute approximate surface area is 248 Å². The number of aliphatic carboxylic acids is 1. The molecule has 1 saturated heterocycles. The Hall–Kier alpha value is -4.53. The fourth-order valence-corrected chi connectivity index (χ4v) is 5.39. The fourth-order valence-electron chi connectivity index (χ4n) is 5.39. The quantitative estimate of drug-likeness (QED) is 0.225. The molecule has 0 atom stereocenters. The summed E-state index contributed by atoms with van der Waals surface area (Å²) in [6, 6.07) is 20.8. The number of hydrogen-bond donors (Lipinski definition) is 1. The van der Waals surface area contributed by atoms with Crippen LogP contribution < -0.4 is 14.4 Å². The van der Waals surface area contributed by atoms with Crippen LogP contribution in [0.3, 0.4) is 0 Å². The van der Waals surface area contributed by atoms with E-state index in [4.69, 9.17) is 14.5 Å². The van der Waals surface area contributed by atoms with Gasteiger partial charge < -0.3 is 19.5 Å². The number of methoxy groups -OCH3 is 1. The highest BCUT2D eigenvalue weighted by Crippen LogP contribution is 2.40. The maximum absolute atomic E-state index is 13.8. The van der Waals surface area contributed by atoms with Crippen molar-refractivity contribution in [3.05, 3.63) is 95.1 Å². The molecule has 0 aliphatic carbocycles. The third-order valence-electron chi connectivity index (χ3n) is 7.88. The normalized spacial score (nSPS) is 14.0. The maximum atomic E-state index is 13.8. The van der Waals surface area contributed by atoms with Crippen molar-refractivity contribution in [2.45, 2.75) is 39.5 Å². The van der Waals surface area contributed by atoms with Gasteiger partial charge in [-0.1, -0.05) is 42.0 Å². The van der Waals surface area contributed by atoms with Crippen molar-refractivity contribution in [2.24, 2.45) is 5.92 Å². The third-order valence-corrected chi connectivity index (χ3v) is 7.88. The van der Waals surface area contributed by atoms with E-state index < -0.39 is 17.7 Å². The molecule has 3 aromatic carbocycles. The van der Waals surface area contributed by atoms with Crippen molar-refractivity contribution < 1.29 is 32.5 Å². The van der Waals surface area contributed by atoms with Crippen LogP contribution in [0.25, 0.3) is 22.4 Å². The number of halogens is 3. The van der Waals surface area contributed by atoms with Crippen LogP contribution in [0.4, 0.5) is 19.0 Å². The van der Waals surface area contributed by atoms with Crippen LogP contribution in [0.5, 0.6) is 11.5 Å². The van der Waals surface area contributed by atoms with Gasteiger partial charge in [-0.15, -0.1) is 0 Å². The van der Waals surface area contributed by atoms with Crippen LogP contribution in [0.2, 0.25) is 0 Å². The summed E-state index contributed by atoms with van der Waals surface area (Å²) in [5, 5.41) is 9.32. The first kappa shape index (κ1) is 29.9. The van der Waals surface area contributed by atoms with Gasteiger partial charge in [-0.05, 0) is 85.3 Å². The first-order valence-corrected chi connectivity index (χ1v) is 14.1. The summed E-state index contributed by atoms with van der Waals surface area (Å²) in [5.74, 6) is 0.500. The van der Waals surface area contributed by atoms with E-state index in [1.54, 1.807) is 18.2 Å². The van der Waals surface area contributed by atoms with Gasteiger partial charge in [0.2, 0.25) is 0 Å². The number of anilines is 1. The molecule has 0 unspecified atom stereocenters. The number of pyridine rings is 1. The Morgan fingerprint density at radius 3 is 2.42 bits per heavy atom. The average Bonchev–Trinajstić information content (AvgIpc) is 3.00. The number of piperidine rings is 1. The fraction of sp³-hybridized carbons (Fsp3) is 0.294. The second-order valence-corrected chi connectivity index (χ2v) is 10.8. The molecule has 9 heteroatoms. The van der Waals surface area contributed by atoms with E-state index in [-0.39, 0.29) is 23.8 Å². The standard InChI is InChI=1S/C34H33F3N2O4/c1-21-7-12-31(28(17-21)30-5-4-6-32(38-30)39-15-13-23(14-16-39)33(40)41)43-20-25-9-8-24(18-22(25)2)27-11-10-26(42-3)19-29(27)34(35,36)37/h4-12,17-19,23H,13-16,20H2,1-3H3,(H,40,41). The van der Waals surface area contributed by atoms with E-state index in [1.165, 1.54) is 19.2 Å². The molecule has 4 aromatic rings. The highest BCUT2D eigenvalue weighted by Gasteiger charge is 2.34. The van der Waals surface area contributed by atoms with Crippen LogP contribution in [0, 0.1) is 19.8 Å². The van der Waals surface area contributed by atoms with Crippen molar-refractivity contribution in [3.8, 4) is 33.9 Å². The van der Waals surface area contributed by atoms with Crippen LogP contribution in [0.1, 0.15) is 35.1 Å². The van der Waals surface area contributed by atoms with Gasteiger partial charge in [0, 0.05) is 18.7 Å². The Morgan fingerprint density at radius 1 is 0.977 bits per heavy atom. The zero-order chi connectivity index (χ0) is 30.7. The van der Waals surface area contributed by atoms with Gasteiger partial charge in [0.05, 0.1) is 24.3 Å². The Balaban J connectivity index is 1.36. The average molecular weight is 591 g/mol. The third kappa shape index (κ3) is 6.77. The smallest absolute Gasteiger partial charge is 0.417 e. The first-order chi connectivity index (χ1) is 20.5. The summed E-state index contributed by atoms with van der Waals surface area (Å²) in [6.45, 7) is 5.32. The number of rotatable bonds is 8. The first-order valence-electron chi connectivity index (χ1n) is 14.1. The summed E-state index contributed by atoms with van der Waals surface area (Å²) in [4.78, 5) is 18.4. The van der Waals surface area contributed by atoms with Crippen LogP contribution in [-0.2, 0) is 17.6 Å². The van der Waals surface area contributed by atoms with E-state index in [0.29, 0.717) is 37.2 Å². The highest BCUT2D eigenvalue weighted by atomic mass is 19.4. The number of hydrogen-bond acceptors (Lipinski definition) is 5. The van der Waals surface area contributed by atoms with Gasteiger partial charge in [-0.3, -0.25) is 4.79 Å². The lowest BCUT2D eigenvalue weighted by Gasteiger charge is -2.31. The van der Waals surface area contributed by atoms with E-state index in [9.17, 15) is 23.1 Å². The van der Waals surface area contributed by atoms with Crippen molar-refractivity contribution in [2.75, 3.05) is 25.1 Å². The number of nitrogens with zero attached hydrogens (tertiary/aromatic N) is 2. The van der Waals surface area contributed by atoms with Gasteiger partial charge in [-0.2, -0.15) is 13.2 Å². The molecule has 1 aliphatic rings. The molecule has 0 radical (unpaired) electrons. The molecule has 6 nitrogen and oxygen atoms in total. The Morgan fingerprint density at radius 2 is 1.74 bits per heavy atom. The molecule has 224 valence electrons.